The van der Waals surface area contributed by atoms with Gasteiger partial charge in [0.05, 0.1) is 11.1 Å². The van der Waals surface area contributed by atoms with Crippen molar-refractivity contribution in [3.05, 3.63) is 83.4 Å². The predicted molar refractivity (Wildman–Crippen MR) is 105 cm³/mol. The zero-order valence-electron chi connectivity index (χ0n) is 16.2. The van der Waals surface area contributed by atoms with Crippen molar-refractivity contribution in [1.82, 2.24) is 0 Å². The monoisotopic (exact) mass is 408 g/mol. The van der Waals surface area contributed by atoms with Crippen LogP contribution in [-0.4, -0.2) is 48.9 Å². The lowest BCUT2D eigenvalue weighted by atomic mass is 9.93. The first-order chi connectivity index (χ1) is 14.5. The summed E-state index contributed by atoms with van der Waals surface area (Å²) in [4.78, 5) is 36.5. The molecule has 30 heavy (non-hydrogen) atoms. The number of esters is 3. The van der Waals surface area contributed by atoms with E-state index in [1.54, 1.807) is 66.7 Å². The number of carbonyl (C=O) groups excluding carboxylic acids is 3. The second-order valence-electron chi connectivity index (χ2n) is 7.02. The number of hydrogen-bond donors (Lipinski definition) is 0. The van der Waals surface area contributed by atoms with E-state index in [1.165, 1.54) is 6.92 Å². The van der Waals surface area contributed by atoms with E-state index in [4.69, 9.17) is 18.9 Å². The Kier molecular flexibility index (Phi) is 5.63. The van der Waals surface area contributed by atoms with Crippen LogP contribution in [0.5, 0.6) is 0 Å². The molecule has 0 aromatic heterocycles. The third-order valence-corrected chi connectivity index (χ3v) is 4.85. The summed E-state index contributed by atoms with van der Waals surface area (Å²) < 4.78 is 22.0. The fraction of sp³-hybridized carbons (Fsp3) is 0.261. The highest BCUT2D eigenvalue weighted by Crippen LogP contribution is 2.39. The van der Waals surface area contributed by atoms with Crippen LogP contribution >= 0.6 is 0 Å². The van der Waals surface area contributed by atoms with Crippen LogP contribution < -0.4 is 0 Å². The van der Waals surface area contributed by atoms with Gasteiger partial charge in [0.2, 0.25) is 0 Å². The molecule has 2 aromatic rings. The molecule has 1 heterocycles. The molecule has 154 valence electrons. The van der Waals surface area contributed by atoms with Gasteiger partial charge >= 0.3 is 17.9 Å². The summed E-state index contributed by atoms with van der Waals surface area (Å²) in [5.41, 5.74) is 1.30. The van der Waals surface area contributed by atoms with E-state index >= 15 is 0 Å². The lowest BCUT2D eigenvalue weighted by Crippen LogP contribution is -2.44. The molecule has 0 unspecified atom stereocenters. The van der Waals surface area contributed by atoms with Crippen molar-refractivity contribution < 1.29 is 33.3 Å². The minimum Gasteiger partial charge on any atom is -0.457 e. The van der Waals surface area contributed by atoms with Crippen LogP contribution in [0.15, 0.2) is 72.3 Å². The van der Waals surface area contributed by atoms with Crippen molar-refractivity contribution in [2.45, 2.75) is 31.3 Å². The molecule has 0 spiro atoms. The van der Waals surface area contributed by atoms with Crippen LogP contribution in [0.4, 0.5) is 0 Å². The van der Waals surface area contributed by atoms with Gasteiger partial charge in [0.1, 0.15) is 18.8 Å². The molecule has 0 bridgehead atoms. The Morgan fingerprint density at radius 1 is 0.867 bits per heavy atom. The average molecular weight is 408 g/mol. The molecule has 7 nitrogen and oxygen atoms in total. The molecule has 2 aliphatic rings. The quantitative estimate of drug-likeness (QED) is 0.314. The SMILES string of the molecule is CC(=O)O[C@@H]1C(COC(=O)c2ccccc2)=C[C@H]2O[C@@H]2[C@@H]1OC(=O)c1ccccc1. The Bertz CT molecular complexity index is 968. The number of hydrogen-bond acceptors (Lipinski definition) is 7. The summed E-state index contributed by atoms with van der Waals surface area (Å²) in [5.74, 6) is -1.59. The molecular formula is C23H20O7. The van der Waals surface area contributed by atoms with Crippen molar-refractivity contribution in [2.24, 2.45) is 0 Å². The lowest BCUT2D eigenvalue weighted by molar-refractivity contribution is -0.151. The molecule has 0 radical (unpaired) electrons. The van der Waals surface area contributed by atoms with Crippen LogP contribution in [0.2, 0.25) is 0 Å². The van der Waals surface area contributed by atoms with Crippen molar-refractivity contribution in [3.63, 3.8) is 0 Å². The summed E-state index contributed by atoms with van der Waals surface area (Å²) in [6, 6.07) is 17.1. The molecule has 0 saturated carbocycles. The number of fused-ring (bicyclic) bond motifs is 1. The second-order valence-corrected chi connectivity index (χ2v) is 7.02. The van der Waals surface area contributed by atoms with Gasteiger partial charge in [-0.15, -0.1) is 0 Å². The van der Waals surface area contributed by atoms with Crippen molar-refractivity contribution in [3.8, 4) is 0 Å². The number of carbonyl (C=O) groups is 3. The first-order valence-corrected chi connectivity index (χ1v) is 9.54. The summed E-state index contributed by atoms with van der Waals surface area (Å²) in [6.45, 7) is 1.15. The first kappa shape index (κ1) is 19.8. The summed E-state index contributed by atoms with van der Waals surface area (Å²) in [7, 11) is 0. The van der Waals surface area contributed by atoms with Crippen molar-refractivity contribution in [1.29, 1.82) is 0 Å². The molecule has 0 amide bonds. The van der Waals surface area contributed by atoms with Gasteiger partial charge < -0.3 is 18.9 Å². The van der Waals surface area contributed by atoms with E-state index in [2.05, 4.69) is 0 Å². The van der Waals surface area contributed by atoms with E-state index in [0.29, 0.717) is 16.7 Å². The van der Waals surface area contributed by atoms with Gasteiger partial charge in [0.15, 0.2) is 12.2 Å². The molecule has 2 aromatic carbocycles. The smallest absolute Gasteiger partial charge is 0.338 e. The first-order valence-electron chi connectivity index (χ1n) is 9.54. The number of rotatable bonds is 6. The summed E-state index contributed by atoms with van der Waals surface area (Å²) in [6.07, 6.45) is -0.667. The Morgan fingerprint density at radius 2 is 1.47 bits per heavy atom. The fourth-order valence-corrected chi connectivity index (χ4v) is 3.38. The topological polar surface area (TPSA) is 91.4 Å². The standard InChI is InChI=1S/C23H20O7/c1-14(24)28-19-17(13-27-22(25)15-8-4-2-5-9-15)12-18-20(29-18)21(19)30-23(26)16-10-6-3-7-11-16/h2-12,18-21H,13H2,1H3/t18-,19-,20+,21-/m1/s1. The van der Waals surface area contributed by atoms with E-state index in [0.717, 1.165) is 0 Å². The maximum atomic E-state index is 12.5. The molecule has 1 aliphatic heterocycles. The fourth-order valence-electron chi connectivity index (χ4n) is 3.38. The Labute approximate surface area is 173 Å². The van der Waals surface area contributed by atoms with Gasteiger partial charge in [-0.3, -0.25) is 4.79 Å². The van der Waals surface area contributed by atoms with Gasteiger partial charge in [0.25, 0.3) is 0 Å². The van der Waals surface area contributed by atoms with Crippen LogP contribution in [0, 0.1) is 0 Å². The van der Waals surface area contributed by atoms with Crippen molar-refractivity contribution in [2.75, 3.05) is 6.61 Å². The molecule has 4 atom stereocenters. The number of benzene rings is 2. The minimum atomic E-state index is -0.900. The Hall–Kier alpha value is -3.45. The van der Waals surface area contributed by atoms with Crippen LogP contribution in [-0.2, 0) is 23.7 Å². The molecule has 1 saturated heterocycles. The number of epoxide rings is 1. The molecule has 1 aliphatic carbocycles. The third-order valence-electron chi connectivity index (χ3n) is 4.85. The van der Waals surface area contributed by atoms with E-state index in [1.807, 2.05) is 0 Å². The maximum Gasteiger partial charge on any atom is 0.338 e. The Balaban J connectivity index is 1.49. The molecule has 1 fully saturated rings. The van der Waals surface area contributed by atoms with E-state index in [9.17, 15) is 14.4 Å². The minimum absolute atomic E-state index is 0.113. The van der Waals surface area contributed by atoms with Gasteiger partial charge in [-0.2, -0.15) is 0 Å². The molecule has 0 N–H and O–H groups in total. The highest BCUT2D eigenvalue weighted by Gasteiger charge is 2.55. The lowest BCUT2D eigenvalue weighted by Gasteiger charge is -2.29. The normalized spacial score (nSPS) is 24.1. The zero-order valence-corrected chi connectivity index (χ0v) is 16.2. The number of ether oxygens (including phenoxy) is 4. The van der Waals surface area contributed by atoms with Gasteiger partial charge in [-0.05, 0) is 30.3 Å². The van der Waals surface area contributed by atoms with Crippen LogP contribution in [0.3, 0.4) is 0 Å². The van der Waals surface area contributed by atoms with Gasteiger partial charge in [-0.1, -0.05) is 36.4 Å². The summed E-state index contributed by atoms with van der Waals surface area (Å²) in [5, 5.41) is 0. The van der Waals surface area contributed by atoms with Crippen LogP contribution in [0.1, 0.15) is 27.6 Å². The maximum absolute atomic E-state index is 12.5. The van der Waals surface area contributed by atoms with Crippen LogP contribution in [0.25, 0.3) is 0 Å². The zero-order chi connectivity index (χ0) is 21.1. The summed E-state index contributed by atoms with van der Waals surface area (Å²) >= 11 is 0. The largest absolute Gasteiger partial charge is 0.457 e. The molecular weight excluding hydrogens is 388 g/mol. The molecule has 7 heteroatoms. The van der Waals surface area contributed by atoms with E-state index in [-0.39, 0.29) is 12.7 Å². The second kappa shape index (κ2) is 8.51. The van der Waals surface area contributed by atoms with Gasteiger partial charge in [0, 0.05) is 12.5 Å². The predicted octanol–water partition coefficient (Wildman–Crippen LogP) is 2.71. The third kappa shape index (κ3) is 4.41. The van der Waals surface area contributed by atoms with Gasteiger partial charge in [-0.25, -0.2) is 9.59 Å². The highest BCUT2D eigenvalue weighted by molar-refractivity contribution is 5.90. The average Bonchev–Trinajstić information content (AvgIpc) is 3.54. The highest BCUT2D eigenvalue weighted by atomic mass is 16.6. The van der Waals surface area contributed by atoms with E-state index < -0.39 is 36.2 Å². The Morgan fingerprint density at radius 3 is 2.07 bits per heavy atom. The van der Waals surface area contributed by atoms with Crippen molar-refractivity contribution >= 4 is 17.9 Å². The molecule has 4 rings (SSSR count).